The van der Waals surface area contributed by atoms with Crippen molar-refractivity contribution in [1.82, 2.24) is 10.3 Å². The highest BCUT2D eigenvalue weighted by Crippen LogP contribution is 2.28. The van der Waals surface area contributed by atoms with Gasteiger partial charge in [0.05, 0.1) is 11.1 Å². The smallest absolute Gasteiger partial charge is 0.142 e. The van der Waals surface area contributed by atoms with Crippen LogP contribution in [0.25, 0.3) is 0 Å². The predicted octanol–water partition coefficient (Wildman–Crippen LogP) is 4.02. The van der Waals surface area contributed by atoms with E-state index in [2.05, 4.69) is 10.3 Å². The normalized spacial score (nSPS) is 12.4. The summed E-state index contributed by atoms with van der Waals surface area (Å²) in [5.41, 5.74) is 1.97. The van der Waals surface area contributed by atoms with Gasteiger partial charge in [-0.2, -0.15) is 0 Å². The van der Waals surface area contributed by atoms with Gasteiger partial charge in [0, 0.05) is 18.0 Å². The van der Waals surface area contributed by atoms with Crippen LogP contribution >= 0.6 is 11.6 Å². The Hall–Kier alpha value is -1.52. The molecule has 1 heterocycles. The average Bonchev–Trinajstić information content (AvgIpc) is 2.40. The number of rotatable bonds is 4. The van der Waals surface area contributed by atoms with Crippen LogP contribution in [-0.2, 0) is 0 Å². The number of hydrogen-bond acceptors (Lipinski definition) is 2. The summed E-state index contributed by atoms with van der Waals surface area (Å²) < 4.78 is 27.7. The van der Waals surface area contributed by atoms with Crippen molar-refractivity contribution >= 4 is 11.6 Å². The fourth-order valence-electron chi connectivity index (χ4n) is 2.11. The SMILES string of the molecule is CCNC(c1cncc(C)c1)c1cc(F)c(Cl)cc1F. The number of nitrogens with one attached hydrogen (secondary N) is 1. The van der Waals surface area contributed by atoms with Crippen LogP contribution in [0.15, 0.2) is 30.6 Å². The summed E-state index contributed by atoms with van der Waals surface area (Å²) in [6.45, 7) is 4.42. The number of benzene rings is 1. The summed E-state index contributed by atoms with van der Waals surface area (Å²) in [5, 5.41) is 2.92. The summed E-state index contributed by atoms with van der Waals surface area (Å²) in [4.78, 5) is 4.10. The predicted molar refractivity (Wildman–Crippen MR) is 75.9 cm³/mol. The number of nitrogens with zero attached hydrogens (tertiary/aromatic N) is 1. The third kappa shape index (κ3) is 3.14. The lowest BCUT2D eigenvalue weighted by Crippen LogP contribution is -2.23. The van der Waals surface area contributed by atoms with Crippen LogP contribution in [0.2, 0.25) is 5.02 Å². The Morgan fingerprint density at radius 3 is 2.60 bits per heavy atom. The first-order valence-electron chi connectivity index (χ1n) is 6.32. The Labute approximate surface area is 121 Å². The highest BCUT2D eigenvalue weighted by Gasteiger charge is 2.19. The molecule has 1 N–H and O–H groups in total. The number of pyridine rings is 1. The molecule has 5 heteroatoms. The van der Waals surface area contributed by atoms with Gasteiger partial charge in [0.1, 0.15) is 11.6 Å². The molecule has 20 heavy (non-hydrogen) atoms. The van der Waals surface area contributed by atoms with Crippen molar-refractivity contribution in [3.63, 3.8) is 0 Å². The quantitative estimate of drug-likeness (QED) is 0.862. The second-order valence-electron chi connectivity index (χ2n) is 4.57. The van der Waals surface area contributed by atoms with Gasteiger partial charge < -0.3 is 5.32 Å². The first-order chi connectivity index (χ1) is 9.52. The second-order valence-corrected chi connectivity index (χ2v) is 4.98. The van der Waals surface area contributed by atoms with Gasteiger partial charge in [0.2, 0.25) is 0 Å². The maximum atomic E-state index is 14.1. The van der Waals surface area contributed by atoms with E-state index >= 15 is 0 Å². The third-order valence-corrected chi connectivity index (χ3v) is 3.28. The van der Waals surface area contributed by atoms with Crippen molar-refractivity contribution in [3.05, 3.63) is 63.9 Å². The Morgan fingerprint density at radius 1 is 1.20 bits per heavy atom. The highest BCUT2D eigenvalue weighted by molar-refractivity contribution is 6.30. The largest absolute Gasteiger partial charge is 0.306 e. The minimum absolute atomic E-state index is 0.219. The molecule has 2 rings (SSSR count). The lowest BCUT2D eigenvalue weighted by Gasteiger charge is -2.20. The van der Waals surface area contributed by atoms with Crippen molar-refractivity contribution < 1.29 is 8.78 Å². The zero-order valence-corrected chi connectivity index (χ0v) is 12.0. The van der Waals surface area contributed by atoms with Gasteiger partial charge in [-0.25, -0.2) is 8.78 Å². The van der Waals surface area contributed by atoms with Crippen LogP contribution in [0, 0.1) is 18.6 Å². The summed E-state index contributed by atoms with van der Waals surface area (Å²) in [6, 6.07) is 3.57. The van der Waals surface area contributed by atoms with E-state index in [0.717, 1.165) is 23.3 Å². The van der Waals surface area contributed by atoms with Crippen LogP contribution in [0.1, 0.15) is 29.7 Å². The molecular formula is C15H15ClF2N2. The Kier molecular flexibility index (Phi) is 4.68. The fraction of sp³-hybridized carbons (Fsp3) is 0.267. The van der Waals surface area contributed by atoms with E-state index in [-0.39, 0.29) is 10.6 Å². The molecule has 1 aromatic heterocycles. The van der Waals surface area contributed by atoms with Crippen molar-refractivity contribution in [2.75, 3.05) is 6.54 Å². The van der Waals surface area contributed by atoms with E-state index in [1.165, 1.54) is 0 Å². The molecule has 2 nitrogen and oxygen atoms in total. The van der Waals surface area contributed by atoms with E-state index in [4.69, 9.17) is 11.6 Å². The van der Waals surface area contributed by atoms with Gasteiger partial charge >= 0.3 is 0 Å². The molecule has 1 atom stereocenters. The Bertz CT molecular complexity index is 617. The van der Waals surface area contributed by atoms with E-state index in [1.807, 2.05) is 19.9 Å². The molecule has 0 saturated heterocycles. The number of aryl methyl sites for hydroxylation is 1. The van der Waals surface area contributed by atoms with Crippen molar-refractivity contribution in [2.45, 2.75) is 19.9 Å². The molecule has 1 aromatic carbocycles. The molecule has 2 aromatic rings. The van der Waals surface area contributed by atoms with Gasteiger partial charge in [-0.3, -0.25) is 4.98 Å². The van der Waals surface area contributed by atoms with Crippen LogP contribution in [0.4, 0.5) is 8.78 Å². The van der Waals surface area contributed by atoms with Crippen molar-refractivity contribution in [2.24, 2.45) is 0 Å². The summed E-state index contributed by atoms with van der Waals surface area (Å²) in [6.07, 6.45) is 3.36. The maximum absolute atomic E-state index is 14.1. The second kappa shape index (κ2) is 6.29. The van der Waals surface area contributed by atoms with Crippen LogP contribution in [0.5, 0.6) is 0 Å². The molecular weight excluding hydrogens is 282 g/mol. The minimum atomic E-state index is -0.633. The van der Waals surface area contributed by atoms with Crippen molar-refractivity contribution in [3.8, 4) is 0 Å². The Balaban J connectivity index is 2.51. The number of halogens is 3. The van der Waals surface area contributed by atoms with Gasteiger partial charge in [0.25, 0.3) is 0 Å². The zero-order valence-electron chi connectivity index (χ0n) is 11.3. The lowest BCUT2D eigenvalue weighted by molar-refractivity contribution is 0.544. The molecule has 1 unspecified atom stereocenters. The van der Waals surface area contributed by atoms with Gasteiger partial charge in [-0.05, 0) is 36.7 Å². The zero-order chi connectivity index (χ0) is 14.7. The first kappa shape index (κ1) is 14.9. The number of aromatic nitrogens is 1. The Morgan fingerprint density at radius 2 is 1.95 bits per heavy atom. The summed E-state index contributed by atoms with van der Waals surface area (Å²) >= 11 is 5.59. The van der Waals surface area contributed by atoms with E-state index < -0.39 is 17.7 Å². The van der Waals surface area contributed by atoms with E-state index in [0.29, 0.717) is 6.54 Å². The molecule has 0 aliphatic carbocycles. The standard InChI is InChI=1S/C15H15ClF2N2/c1-3-20-15(10-4-9(2)7-19-8-10)11-5-14(18)12(16)6-13(11)17/h4-8,15,20H,3H2,1-2H3. The molecule has 0 bridgehead atoms. The van der Waals surface area contributed by atoms with Gasteiger partial charge in [0.15, 0.2) is 0 Å². The van der Waals surface area contributed by atoms with Crippen LogP contribution < -0.4 is 5.32 Å². The number of hydrogen-bond donors (Lipinski definition) is 1. The van der Waals surface area contributed by atoms with Crippen LogP contribution in [0.3, 0.4) is 0 Å². The fourth-order valence-corrected chi connectivity index (χ4v) is 2.26. The monoisotopic (exact) mass is 296 g/mol. The third-order valence-electron chi connectivity index (χ3n) is 2.99. The van der Waals surface area contributed by atoms with Gasteiger partial charge in [-0.15, -0.1) is 0 Å². The molecule has 0 radical (unpaired) electrons. The molecule has 0 aliphatic heterocycles. The summed E-state index contributed by atoms with van der Waals surface area (Å²) in [5.74, 6) is -1.17. The topological polar surface area (TPSA) is 24.9 Å². The van der Waals surface area contributed by atoms with Gasteiger partial charge in [-0.1, -0.05) is 24.6 Å². The highest BCUT2D eigenvalue weighted by atomic mass is 35.5. The minimum Gasteiger partial charge on any atom is -0.306 e. The average molecular weight is 297 g/mol. The molecule has 0 fully saturated rings. The molecule has 0 amide bonds. The maximum Gasteiger partial charge on any atom is 0.142 e. The summed E-state index contributed by atoms with van der Waals surface area (Å²) in [7, 11) is 0. The molecule has 0 saturated carbocycles. The van der Waals surface area contributed by atoms with Crippen molar-refractivity contribution in [1.29, 1.82) is 0 Å². The first-order valence-corrected chi connectivity index (χ1v) is 6.70. The van der Waals surface area contributed by atoms with E-state index in [9.17, 15) is 8.78 Å². The molecule has 0 aliphatic rings. The molecule has 106 valence electrons. The van der Waals surface area contributed by atoms with E-state index in [1.54, 1.807) is 12.4 Å². The van der Waals surface area contributed by atoms with Crippen LogP contribution in [-0.4, -0.2) is 11.5 Å². The molecule has 0 spiro atoms. The lowest BCUT2D eigenvalue weighted by atomic mass is 9.98.